The molecule has 4 nitrogen and oxygen atoms in total. The molecule has 0 atom stereocenters. The van der Waals surface area contributed by atoms with E-state index in [1.54, 1.807) is 0 Å². The van der Waals surface area contributed by atoms with Gasteiger partial charge in [0.1, 0.15) is 0 Å². The largest absolute Gasteiger partial charge is 1.00 e. The van der Waals surface area contributed by atoms with Crippen LogP contribution < -0.4 is 69.3 Å². The minimum absolute atomic E-state index is 0. The molecule has 0 unspecified atom stereocenters. The van der Waals surface area contributed by atoms with Crippen molar-refractivity contribution >= 4 is 11.9 Å². The smallest absolute Gasteiger partial charge is 0.550 e. The Morgan fingerprint density at radius 1 is 0.565 bits per heavy atom. The average Bonchev–Trinajstić information content (AvgIpc) is 2.43. The number of unbranched alkanes of at least 4 members (excludes halogenated alkanes) is 9. The van der Waals surface area contributed by atoms with Gasteiger partial charge in [-0.15, -0.1) is 0 Å². The first-order chi connectivity index (χ1) is 10.0. The van der Waals surface area contributed by atoms with E-state index in [0.717, 1.165) is 38.5 Å². The molecule has 0 aromatic heterocycles. The summed E-state index contributed by atoms with van der Waals surface area (Å²) in [5.41, 5.74) is 0. The maximum Gasteiger partial charge on any atom is 1.00 e. The third-order valence-corrected chi connectivity index (χ3v) is 3.22. The van der Waals surface area contributed by atoms with E-state index in [2.05, 4.69) is 13.8 Å². The van der Waals surface area contributed by atoms with Gasteiger partial charge in [0.2, 0.25) is 0 Å². The van der Waals surface area contributed by atoms with Gasteiger partial charge in [0, 0.05) is 11.9 Å². The van der Waals surface area contributed by atoms with Crippen molar-refractivity contribution in [2.24, 2.45) is 0 Å². The quantitative estimate of drug-likeness (QED) is 0.257. The van der Waals surface area contributed by atoms with Crippen molar-refractivity contribution in [1.29, 1.82) is 0 Å². The van der Waals surface area contributed by atoms with Crippen molar-refractivity contribution in [2.75, 3.05) is 0 Å². The second-order valence-electron chi connectivity index (χ2n) is 5.43. The molecule has 0 rings (SSSR count). The maximum absolute atomic E-state index is 10.0. The zero-order valence-electron chi connectivity index (χ0n) is 15.8. The number of carbonyl (C=O) groups excluding carboxylic acids is 2. The van der Waals surface area contributed by atoms with Gasteiger partial charge in [-0.3, -0.25) is 0 Å². The van der Waals surface area contributed by atoms with Gasteiger partial charge in [-0.25, -0.2) is 0 Å². The Bertz CT molecular complexity index is 249. The summed E-state index contributed by atoms with van der Waals surface area (Å²) in [4.78, 5) is 19.9. The molecule has 0 heterocycles. The molecule has 0 aromatic rings. The van der Waals surface area contributed by atoms with Gasteiger partial charge in [-0.05, 0) is 25.7 Å². The summed E-state index contributed by atoms with van der Waals surface area (Å²) in [6.45, 7) is 4.29. The number of aliphatic carboxylic acids is 2. The summed E-state index contributed by atoms with van der Waals surface area (Å²) in [6, 6.07) is 0. The van der Waals surface area contributed by atoms with Crippen LogP contribution in [-0.4, -0.2) is 11.9 Å². The molecule has 0 aliphatic rings. The maximum atomic E-state index is 10.0. The number of hydrogen-bond donors (Lipinski definition) is 0. The molecule has 23 heavy (non-hydrogen) atoms. The van der Waals surface area contributed by atoms with Gasteiger partial charge in [0.05, 0.1) is 0 Å². The molecule has 126 valence electrons. The molecule has 0 saturated carbocycles. The molecule has 0 N–H and O–H groups in total. The van der Waals surface area contributed by atoms with E-state index in [9.17, 15) is 19.8 Å². The molecule has 0 bridgehead atoms. The number of carboxylic acids is 2. The van der Waals surface area contributed by atoms with Crippen LogP contribution in [0.4, 0.5) is 0 Å². The van der Waals surface area contributed by atoms with E-state index >= 15 is 0 Å². The number of carboxylic acid groups (broad SMARTS) is 2. The molecule has 0 radical (unpaired) electrons. The summed E-state index contributed by atoms with van der Waals surface area (Å²) in [5.74, 6) is -1.84. The molecule has 6 heteroatoms. The molecule has 0 aromatic carbocycles. The third-order valence-electron chi connectivity index (χ3n) is 3.22. The first kappa shape index (κ1) is 31.7. The summed E-state index contributed by atoms with van der Waals surface area (Å²) in [5, 5.41) is 19.9. The van der Waals surface area contributed by atoms with Crippen LogP contribution in [0.1, 0.15) is 97.3 Å². The Balaban J connectivity index is -0.000000149. The predicted octanol–water partition coefficient (Wildman–Crippen LogP) is -3.41. The van der Waals surface area contributed by atoms with Crippen LogP contribution >= 0.6 is 0 Å². The van der Waals surface area contributed by atoms with E-state index in [1.165, 1.54) is 32.1 Å². The van der Waals surface area contributed by atoms with Crippen LogP contribution in [0.3, 0.4) is 0 Å². The summed E-state index contributed by atoms with van der Waals surface area (Å²) >= 11 is 0. The molecule has 0 aliphatic carbocycles. The molecule has 0 aliphatic heterocycles. The second-order valence-corrected chi connectivity index (χ2v) is 5.43. The van der Waals surface area contributed by atoms with Crippen molar-refractivity contribution in [3.8, 4) is 0 Å². The Hall–Kier alpha value is 0.940. The van der Waals surface area contributed by atoms with Crippen LogP contribution in [0, 0.1) is 0 Å². The first-order valence-corrected chi connectivity index (χ1v) is 8.44. The topological polar surface area (TPSA) is 80.3 Å². The van der Waals surface area contributed by atoms with E-state index in [4.69, 9.17) is 0 Å². The van der Waals surface area contributed by atoms with Gasteiger partial charge in [0.25, 0.3) is 0 Å². The summed E-state index contributed by atoms with van der Waals surface area (Å²) in [6.07, 6.45) is 12.6. The van der Waals surface area contributed by atoms with Gasteiger partial charge >= 0.3 is 59.1 Å². The standard InChI is InChI=1S/C10H20O2.C7H14O2.2Na/c1-2-3-4-5-6-7-8-9-10(11)12;1-2-3-4-5-6-7(8)9;;/h2-9H2,1H3,(H,11,12);2-6H2,1H3,(H,8,9);;/q;;2*+1/p-2. The number of hydrogen-bond acceptors (Lipinski definition) is 4. The van der Waals surface area contributed by atoms with Crippen LogP contribution in [0.2, 0.25) is 0 Å². The van der Waals surface area contributed by atoms with Crippen LogP contribution in [0.25, 0.3) is 0 Å². The van der Waals surface area contributed by atoms with Crippen molar-refractivity contribution in [2.45, 2.75) is 97.3 Å². The van der Waals surface area contributed by atoms with Gasteiger partial charge in [-0.2, -0.15) is 0 Å². The molecular weight excluding hydrogens is 314 g/mol. The Labute approximate surface area is 186 Å². The predicted molar refractivity (Wildman–Crippen MR) is 81.4 cm³/mol. The normalized spacial score (nSPS) is 8.96. The van der Waals surface area contributed by atoms with E-state index in [-0.39, 0.29) is 72.0 Å². The fourth-order valence-electron chi connectivity index (χ4n) is 1.92. The Morgan fingerprint density at radius 3 is 1.13 bits per heavy atom. The van der Waals surface area contributed by atoms with Crippen LogP contribution in [0.15, 0.2) is 0 Å². The van der Waals surface area contributed by atoms with Crippen molar-refractivity contribution in [3.05, 3.63) is 0 Å². The molecule has 0 spiro atoms. The van der Waals surface area contributed by atoms with Crippen LogP contribution in [-0.2, 0) is 9.59 Å². The van der Waals surface area contributed by atoms with E-state index in [0.29, 0.717) is 0 Å². The first-order valence-electron chi connectivity index (χ1n) is 8.44. The van der Waals surface area contributed by atoms with Crippen molar-refractivity contribution in [1.82, 2.24) is 0 Å². The third kappa shape index (κ3) is 39.6. The minimum atomic E-state index is -0.925. The zero-order valence-corrected chi connectivity index (χ0v) is 19.8. The average molecular weight is 346 g/mol. The molecular formula is C17H32Na2O4. The monoisotopic (exact) mass is 346 g/mol. The summed E-state index contributed by atoms with van der Waals surface area (Å²) < 4.78 is 0. The SMILES string of the molecule is CCCCCCC(=O)[O-].CCCCCCCCCC(=O)[O-].[Na+].[Na+]. The number of rotatable bonds is 13. The molecule has 0 saturated heterocycles. The van der Waals surface area contributed by atoms with E-state index < -0.39 is 11.9 Å². The zero-order chi connectivity index (χ0) is 16.3. The van der Waals surface area contributed by atoms with E-state index in [1.807, 2.05) is 0 Å². The molecule has 0 fully saturated rings. The van der Waals surface area contributed by atoms with Gasteiger partial charge < -0.3 is 19.8 Å². The summed E-state index contributed by atoms with van der Waals surface area (Å²) in [7, 11) is 0. The fourth-order valence-corrected chi connectivity index (χ4v) is 1.92. The van der Waals surface area contributed by atoms with Crippen molar-refractivity contribution in [3.63, 3.8) is 0 Å². The van der Waals surface area contributed by atoms with Gasteiger partial charge in [-0.1, -0.05) is 71.6 Å². The Morgan fingerprint density at radius 2 is 0.826 bits per heavy atom. The fraction of sp³-hybridized carbons (Fsp3) is 0.882. The second kappa shape index (κ2) is 27.8. The van der Waals surface area contributed by atoms with Crippen LogP contribution in [0.5, 0.6) is 0 Å². The van der Waals surface area contributed by atoms with Gasteiger partial charge in [0.15, 0.2) is 0 Å². The molecule has 0 amide bonds. The minimum Gasteiger partial charge on any atom is -0.550 e. The number of carbonyl (C=O) groups is 2. The Kier molecular flexibility index (Phi) is 38.3. The van der Waals surface area contributed by atoms with Crippen molar-refractivity contribution < 1.29 is 78.9 Å².